The van der Waals surface area contributed by atoms with Crippen LogP contribution in [0.5, 0.6) is 0 Å². The van der Waals surface area contributed by atoms with E-state index in [4.69, 9.17) is 23.2 Å². The first-order valence-electron chi connectivity index (χ1n) is 10.9. The number of aryl methyl sites for hydroxylation is 1. The Morgan fingerprint density at radius 3 is 2.26 bits per heavy atom. The maximum Gasteiger partial charge on any atom is 0.244 e. The lowest BCUT2D eigenvalue weighted by atomic mass is 10.1. The Morgan fingerprint density at radius 1 is 1.06 bits per heavy atom. The van der Waals surface area contributed by atoms with Gasteiger partial charge in [0.05, 0.1) is 17.0 Å². The Balaban J connectivity index is 2.41. The Kier molecular flexibility index (Phi) is 9.79. The van der Waals surface area contributed by atoms with Gasteiger partial charge in [-0.15, -0.1) is 0 Å². The first-order chi connectivity index (χ1) is 15.8. The van der Waals surface area contributed by atoms with Gasteiger partial charge in [0.15, 0.2) is 0 Å². The summed E-state index contributed by atoms with van der Waals surface area (Å²) < 4.78 is 26.1. The van der Waals surface area contributed by atoms with Crippen LogP contribution >= 0.6 is 23.2 Å². The van der Waals surface area contributed by atoms with Gasteiger partial charge in [-0.25, -0.2) is 8.42 Å². The molecule has 1 N–H and O–H groups in total. The monoisotopic (exact) mass is 527 g/mol. The molecule has 2 aromatic rings. The molecule has 1 atom stereocenters. The number of rotatable bonds is 10. The molecular weight excluding hydrogens is 497 g/mol. The molecule has 0 heterocycles. The van der Waals surface area contributed by atoms with Crippen LogP contribution in [0.3, 0.4) is 0 Å². The Labute approximate surface area is 212 Å². The largest absolute Gasteiger partial charge is 0.354 e. The third-order valence-electron chi connectivity index (χ3n) is 5.31. The summed E-state index contributed by atoms with van der Waals surface area (Å²) in [4.78, 5) is 27.8. The molecule has 0 aliphatic rings. The van der Waals surface area contributed by atoms with E-state index in [-0.39, 0.29) is 29.1 Å². The molecule has 2 aromatic carbocycles. The molecule has 10 heteroatoms. The first-order valence-corrected chi connectivity index (χ1v) is 13.5. The predicted octanol–water partition coefficient (Wildman–Crippen LogP) is 4.26. The zero-order chi connectivity index (χ0) is 25.6. The van der Waals surface area contributed by atoms with Gasteiger partial charge >= 0.3 is 0 Å². The highest BCUT2D eigenvalue weighted by Crippen LogP contribution is 2.30. The van der Waals surface area contributed by atoms with E-state index in [0.29, 0.717) is 11.6 Å². The maximum absolute atomic E-state index is 13.5. The minimum absolute atomic E-state index is 0.0962. The topological polar surface area (TPSA) is 86.8 Å². The molecule has 34 heavy (non-hydrogen) atoms. The molecule has 0 aliphatic carbocycles. The molecule has 0 aliphatic heterocycles. The quantitative estimate of drug-likeness (QED) is 0.500. The number of benzene rings is 2. The molecule has 0 spiro atoms. The predicted molar refractivity (Wildman–Crippen MR) is 138 cm³/mol. The van der Waals surface area contributed by atoms with Gasteiger partial charge in [-0.05, 0) is 49.1 Å². The van der Waals surface area contributed by atoms with Crippen molar-refractivity contribution in [2.24, 2.45) is 5.92 Å². The van der Waals surface area contributed by atoms with Crippen molar-refractivity contribution in [1.29, 1.82) is 0 Å². The normalized spacial score (nSPS) is 12.4. The first kappa shape index (κ1) is 28.0. The second-order valence-corrected chi connectivity index (χ2v) is 11.4. The van der Waals surface area contributed by atoms with E-state index in [2.05, 4.69) is 5.32 Å². The van der Waals surface area contributed by atoms with Gasteiger partial charge in [-0.1, -0.05) is 61.3 Å². The second kappa shape index (κ2) is 11.9. The summed E-state index contributed by atoms with van der Waals surface area (Å²) in [5.41, 5.74) is 1.94. The van der Waals surface area contributed by atoms with Gasteiger partial charge in [0, 0.05) is 18.1 Å². The SMILES string of the molecule is Cc1ccccc1CN(C(=O)CN(c1ccc(Cl)cc1Cl)S(C)(=O)=O)C(C)C(=O)NCC(C)C. The molecule has 1 unspecified atom stereocenters. The minimum Gasteiger partial charge on any atom is -0.354 e. The zero-order valence-electron chi connectivity index (χ0n) is 20.0. The smallest absolute Gasteiger partial charge is 0.244 e. The third kappa shape index (κ3) is 7.61. The number of anilines is 1. The van der Waals surface area contributed by atoms with E-state index in [1.165, 1.54) is 23.1 Å². The van der Waals surface area contributed by atoms with Crippen LogP contribution in [0, 0.1) is 12.8 Å². The van der Waals surface area contributed by atoms with Crippen LogP contribution in [-0.4, -0.2) is 50.5 Å². The van der Waals surface area contributed by atoms with Crippen molar-refractivity contribution >= 4 is 50.7 Å². The van der Waals surface area contributed by atoms with Crippen LogP contribution < -0.4 is 9.62 Å². The number of carbonyl (C=O) groups is 2. The summed E-state index contributed by atoms with van der Waals surface area (Å²) in [5, 5.41) is 3.28. The number of sulfonamides is 1. The number of carbonyl (C=O) groups excluding carboxylic acids is 2. The van der Waals surface area contributed by atoms with Crippen molar-refractivity contribution in [3.8, 4) is 0 Å². The summed E-state index contributed by atoms with van der Waals surface area (Å²) in [6.45, 7) is 7.58. The van der Waals surface area contributed by atoms with Gasteiger partial charge in [0.2, 0.25) is 21.8 Å². The summed E-state index contributed by atoms with van der Waals surface area (Å²) in [7, 11) is -3.87. The van der Waals surface area contributed by atoms with Crippen molar-refractivity contribution in [3.63, 3.8) is 0 Å². The molecule has 0 aromatic heterocycles. The van der Waals surface area contributed by atoms with Gasteiger partial charge in [0.25, 0.3) is 0 Å². The van der Waals surface area contributed by atoms with Gasteiger partial charge in [0.1, 0.15) is 12.6 Å². The highest BCUT2D eigenvalue weighted by atomic mass is 35.5. The van der Waals surface area contributed by atoms with E-state index in [0.717, 1.165) is 21.7 Å². The van der Waals surface area contributed by atoms with E-state index in [1.54, 1.807) is 6.92 Å². The Hall–Kier alpha value is -2.29. The fourth-order valence-corrected chi connectivity index (χ4v) is 4.71. The van der Waals surface area contributed by atoms with Crippen LogP contribution in [0.4, 0.5) is 5.69 Å². The standard InChI is InChI=1S/C24H31Cl2N3O4S/c1-16(2)13-27-24(31)18(4)28(14-19-9-7-6-8-17(19)3)23(30)15-29(34(5,32)33)22-11-10-20(25)12-21(22)26/h6-12,16,18H,13-15H2,1-5H3,(H,27,31). The van der Waals surface area contributed by atoms with Crippen molar-refractivity contribution in [2.45, 2.75) is 40.3 Å². The summed E-state index contributed by atoms with van der Waals surface area (Å²) in [6.07, 6.45) is 0.996. The number of hydrogen-bond donors (Lipinski definition) is 1. The molecule has 0 saturated carbocycles. The molecular formula is C24H31Cl2N3O4S. The Bertz CT molecular complexity index is 1140. The number of halogens is 2. The van der Waals surface area contributed by atoms with Crippen LogP contribution in [-0.2, 0) is 26.2 Å². The summed E-state index contributed by atoms with van der Waals surface area (Å²) in [6, 6.07) is 11.1. The van der Waals surface area contributed by atoms with Crippen molar-refractivity contribution < 1.29 is 18.0 Å². The van der Waals surface area contributed by atoms with E-state index in [9.17, 15) is 18.0 Å². The summed E-state index contributed by atoms with van der Waals surface area (Å²) in [5.74, 6) is -0.609. The molecule has 2 amide bonds. The van der Waals surface area contributed by atoms with Crippen molar-refractivity contribution in [3.05, 3.63) is 63.6 Å². The number of nitrogens with one attached hydrogen (secondary N) is 1. The number of amides is 2. The van der Waals surface area contributed by atoms with E-state index in [1.807, 2.05) is 45.0 Å². The lowest BCUT2D eigenvalue weighted by Gasteiger charge is -2.32. The zero-order valence-corrected chi connectivity index (χ0v) is 22.3. The molecule has 0 saturated heterocycles. The number of nitrogens with zero attached hydrogens (tertiary/aromatic N) is 2. The van der Waals surface area contributed by atoms with Crippen molar-refractivity contribution in [1.82, 2.24) is 10.2 Å². The highest BCUT2D eigenvalue weighted by Gasteiger charge is 2.31. The molecule has 7 nitrogen and oxygen atoms in total. The molecule has 0 fully saturated rings. The minimum atomic E-state index is -3.87. The van der Waals surface area contributed by atoms with E-state index >= 15 is 0 Å². The van der Waals surface area contributed by atoms with Crippen molar-refractivity contribution in [2.75, 3.05) is 23.7 Å². The third-order valence-corrected chi connectivity index (χ3v) is 6.98. The van der Waals surface area contributed by atoms with E-state index < -0.39 is 28.5 Å². The van der Waals surface area contributed by atoms with Crippen LogP contribution in [0.15, 0.2) is 42.5 Å². The fourth-order valence-electron chi connectivity index (χ4n) is 3.28. The lowest BCUT2D eigenvalue weighted by molar-refractivity contribution is -0.139. The molecule has 0 radical (unpaired) electrons. The average molecular weight is 529 g/mol. The van der Waals surface area contributed by atoms with Crippen LogP contribution in [0.25, 0.3) is 0 Å². The second-order valence-electron chi connectivity index (χ2n) is 8.63. The molecule has 0 bridgehead atoms. The number of hydrogen-bond acceptors (Lipinski definition) is 4. The lowest BCUT2D eigenvalue weighted by Crippen LogP contribution is -2.51. The average Bonchev–Trinajstić information content (AvgIpc) is 2.74. The maximum atomic E-state index is 13.5. The van der Waals surface area contributed by atoms with Crippen LogP contribution in [0.2, 0.25) is 10.0 Å². The van der Waals surface area contributed by atoms with Crippen LogP contribution in [0.1, 0.15) is 31.9 Å². The van der Waals surface area contributed by atoms with Gasteiger partial charge in [-0.2, -0.15) is 0 Å². The molecule has 2 rings (SSSR count). The molecule has 186 valence electrons. The highest BCUT2D eigenvalue weighted by molar-refractivity contribution is 7.92. The Morgan fingerprint density at radius 2 is 1.71 bits per heavy atom. The van der Waals surface area contributed by atoms with Gasteiger partial charge < -0.3 is 10.2 Å². The fraction of sp³-hybridized carbons (Fsp3) is 0.417. The summed E-state index contributed by atoms with van der Waals surface area (Å²) >= 11 is 12.2. The van der Waals surface area contributed by atoms with Gasteiger partial charge in [-0.3, -0.25) is 13.9 Å².